The summed E-state index contributed by atoms with van der Waals surface area (Å²) in [7, 11) is 0. The Labute approximate surface area is 198 Å². The van der Waals surface area contributed by atoms with Crippen LogP contribution in [0.25, 0.3) is 23.3 Å². The number of ether oxygens (including phenoxy) is 1. The summed E-state index contributed by atoms with van der Waals surface area (Å²) < 4.78 is 32.6. The third kappa shape index (κ3) is 5.39. The van der Waals surface area contributed by atoms with Gasteiger partial charge in [0.15, 0.2) is 11.6 Å². The molecule has 0 atom stereocenters. The average molecular weight is 473 g/mol. The second-order valence-electron chi connectivity index (χ2n) is 7.46. The highest BCUT2D eigenvalue weighted by atomic mass is 19.1. The lowest BCUT2D eigenvalue weighted by Crippen LogP contribution is -1.99. The fourth-order valence-corrected chi connectivity index (χ4v) is 3.42. The Hall–Kier alpha value is -4.85. The van der Waals surface area contributed by atoms with Gasteiger partial charge < -0.3 is 9.84 Å². The molecule has 0 spiro atoms. The van der Waals surface area contributed by atoms with Crippen molar-refractivity contribution in [2.45, 2.75) is 0 Å². The Morgan fingerprint density at radius 1 is 0.857 bits per heavy atom. The van der Waals surface area contributed by atoms with Gasteiger partial charge in [-0.2, -0.15) is 0 Å². The number of benzene rings is 4. The van der Waals surface area contributed by atoms with Crippen LogP contribution in [-0.4, -0.2) is 16.0 Å². The van der Waals surface area contributed by atoms with E-state index in [4.69, 9.17) is 4.74 Å². The Kier molecular flexibility index (Phi) is 6.64. The molecule has 4 aromatic rings. The van der Waals surface area contributed by atoms with E-state index in [1.54, 1.807) is 30.3 Å². The second kappa shape index (κ2) is 9.96. The molecule has 0 aliphatic carbocycles. The maximum absolute atomic E-state index is 13.9. The molecule has 0 saturated heterocycles. The van der Waals surface area contributed by atoms with Crippen molar-refractivity contribution in [3.63, 3.8) is 0 Å². The number of carboxylic acids is 1. The van der Waals surface area contributed by atoms with E-state index < -0.39 is 16.7 Å². The highest BCUT2D eigenvalue weighted by Crippen LogP contribution is 2.34. The van der Waals surface area contributed by atoms with E-state index in [0.717, 1.165) is 0 Å². The quantitative estimate of drug-likeness (QED) is 0.174. The Bertz CT molecular complexity index is 1450. The maximum Gasteiger partial charge on any atom is 0.336 e. The van der Waals surface area contributed by atoms with Crippen molar-refractivity contribution in [1.82, 2.24) is 0 Å². The van der Waals surface area contributed by atoms with E-state index in [0.29, 0.717) is 22.3 Å². The monoisotopic (exact) mass is 473 g/mol. The lowest BCUT2D eigenvalue weighted by Gasteiger charge is -2.08. The molecule has 4 aromatic carbocycles. The fourth-order valence-electron chi connectivity index (χ4n) is 3.42. The number of carboxylic acid groups (broad SMARTS) is 1. The zero-order chi connectivity index (χ0) is 24.9. The maximum atomic E-state index is 13.9. The minimum Gasteiger partial charge on any atom is -0.478 e. The van der Waals surface area contributed by atoms with Gasteiger partial charge in [0.2, 0.25) is 5.75 Å². The van der Waals surface area contributed by atoms with Gasteiger partial charge in [-0.25, -0.2) is 13.6 Å². The Morgan fingerprint density at radius 3 is 2.26 bits per heavy atom. The summed E-state index contributed by atoms with van der Waals surface area (Å²) in [6.07, 6.45) is 3.04. The van der Waals surface area contributed by atoms with Crippen LogP contribution in [0.2, 0.25) is 0 Å². The summed E-state index contributed by atoms with van der Waals surface area (Å²) in [5, 5.41) is 21.2. The molecule has 0 aliphatic rings. The molecule has 0 unspecified atom stereocenters. The highest BCUT2D eigenvalue weighted by Gasteiger charge is 2.18. The van der Waals surface area contributed by atoms with Gasteiger partial charge in [0, 0.05) is 6.07 Å². The third-order valence-corrected chi connectivity index (χ3v) is 5.15. The molecule has 174 valence electrons. The van der Waals surface area contributed by atoms with Crippen molar-refractivity contribution in [3.05, 3.63) is 123 Å². The average Bonchev–Trinajstić information content (AvgIpc) is 2.84. The minimum absolute atomic E-state index is 0.0288. The first kappa shape index (κ1) is 23.3. The van der Waals surface area contributed by atoms with E-state index in [1.807, 2.05) is 0 Å². The van der Waals surface area contributed by atoms with Crippen LogP contribution in [0.15, 0.2) is 84.9 Å². The number of nitro groups is 1. The van der Waals surface area contributed by atoms with Crippen molar-refractivity contribution in [3.8, 4) is 22.6 Å². The molecule has 35 heavy (non-hydrogen) atoms. The molecule has 0 heterocycles. The van der Waals surface area contributed by atoms with Crippen molar-refractivity contribution in [2.24, 2.45) is 0 Å². The summed E-state index contributed by atoms with van der Waals surface area (Å²) >= 11 is 0. The van der Waals surface area contributed by atoms with Gasteiger partial charge in [0.25, 0.3) is 0 Å². The summed E-state index contributed by atoms with van der Waals surface area (Å²) in [5.41, 5.74) is 1.78. The first-order chi connectivity index (χ1) is 16.8. The molecule has 4 rings (SSSR count). The predicted molar refractivity (Wildman–Crippen MR) is 127 cm³/mol. The van der Waals surface area contributed by atoms with Crippen LogP contribution < -0.4 is 4.74 Å². The van der Waals surface area contributed by atoms with E-state index in [9.17, 15) is 28.8 Å². The molecule has 0 aliphatic heterocycles. The number of nitro benzene ring substituents is 1. The van der Waals surface area contributed by atoms with Gasteiger partial charge in [-0.15, -0.1) is 0 Å². The molecular formula is C27H17F2NO5. The Morgan fingerprint density at radius 2 is 1.57 bits per heavy atom. The van der Waals surface area contributed by atoms with Crippen molar-refractivity contribution in [1.29, 1.82) is 0 Å². The van der Waals surface area contributed by atoms with Crippen molar-refractivity contribution in [2.75, 3.05) is 0 Å². The molecule has 8 heteroatoms. The molecule has 6 nitrogen and oxygen atoms in total. The van der Waals surface area contributed by atoms with Gasteiger partial charge >= 0.3 is 11.7 Å². The number of hydrogen-bond donors (Lipinski definition) is 1. The van der Waals surface area contributed by atoms with Crippen molar-refractivity contribution >= 4 is 23.8 Å². The Balaban J connectivity index is 1.68. The number of para-hydroxylation sites is 1. The number of nitrogens with zero attached hydrogens (tertiary/aromatic N) is 1. The van der Waals surface area contributed by atoms with Crippen LogP contribution in [0.4, 0.5) is 14.5 Å². The van der Waals surface area contributed by atoms with Crippen LogP contribution in [-0.2, 0) is 0 Å². The highest BCUT2D eigenvalue weighted by molar-refractivity contribution is 5.94. The summed E-state index contributed by atoms with van der Waals surface area (Å²) in [6.45, 7) is 0. The molecule has 0 amide bonds. The smallest absolute Gasteiger partial charge is 0.336 e. The number of rotatable bonds is 7. The van der Waals surface area contributed by atoms with Crippen LogP contribution in [0.1, 0.15) is 21.5 Å². The third-order valence-electron chi connectivity index (χ3n) is 5.15. The van der Waals surface area contributed by atoms with Crippen LogP contribution in [0, 0.1) is 21.7 Å². The lowest BCUT2D eigenvalue weighted by molar-refractivity contribution is -0.385. The largest absolute Gasteiger partial charge is 0.478 e. The van der Waals surface area contributed by atoms with Crippen LogP contribution >= 0.6 is 0 Å². The van der Waals surface area contributed by atoms with Gasteiger partial charge in [-0.3, -0.25) is 10.1 Å². The van der Waals surface area contributed by atoms with Gasteiger partial charge in [0.1, 0.15) is 5.82 Å². The number of aromatic carboxylic acids is 1. The molecule has 0 fully saturated rings. The fraction of sp³-hybridized carbons (Fsp3) is 0. The van der Waals surface area contributed by atoms with E-state index >= 15 is 0 Å². The summed E-state index contributed by atoms with van der Waals surface area (Å²) in [5.74, 6) is -2.48. The molecule has 0 saturated carbocycles. The van der Waals surface area contributed by atoms with E-state index in [2.05, 4.69) is 0 Å². The minimum atomic E-state index is -1.14. The summed E-state index contributed by atoms with van der Waals surface area (Å²) in [6, 6.07) is 20.1. The number of carbonyl (C=O) groups is 1. The van der Waals surface area contributed by atoms with E-state index in [-0.39, 0.29) is 28.6 Å². The molecule has 1 N–H and O–H groups in total. The van der Waals surface area contributed by atoms with Crippen molar-refractivity contribution < 1.29 is 28.3 Å². The number of halogens is 2. The van der Waals surface area contributed by atoms with Gasteiger partial charge in [0.05, 0.1) is 10.5 Å². The molecular weight excluding hydrogens is 456 g/mol. The first-order valence-corrected chi connectivity index (χ1v) is 10.3. The van der Waals surface area contributed by atoms with E-state index in [1.165, 1.54) is 66.7 Å². The zero-order valence-corrected chi connectivity index (χ0v) is 18.0. The molecule has 0 radical (unpaired) electrons. The second-order valence-corrected chi connectivity index (χ2v) is 7.46. The van der Waals surface area contributed by atoms with Crippen LogP contribution in [0.3, 0.4) is 0 Å². The normalized spacial score (nSPS) is 10.9. The summed E-state index contributed by atoms with van der Waals surface area (Å²) in [4.78, 5) is 22.6. The molecule has 0 aromatic heterocycles. The molecule has 0 bridgehead atoms. The first-order valence-electron chi connectivity index (χ1n) is 10.3. The SMILES string of the molecule is O=C(O)c1ccc(-c2ccc(F)cc2)cc1C=Cc1ccc(Oc2ccccc2F)c([N+](=O)[O-])c1. The van der Waals surface area contributed by atoms with Gasteiger partial charge in [-0.05, 0) is 64.7 Å². The predicted octanol–water partition coefficient (Wildman–Crippen LogP) is 7.20. The zero-order valence-electron chi connectivity index (χ0n) is 18.0. The number of hydrogen-bond acceptors (Lipinski definition) is 4. The lowest BCUT2D eigenvalue weighted by atomic mass is 9.98. The van der Waals surface area contributed by atoms with Gasteiger partial charge in [-0.1, -0.05) is 48.6 Å². The topological polar surface area (TPSA) is 89.7 Å². The van der Waals surface area contributed by atoms with Crippen LogP contribution in [0.5, 0.6) is 11.5 Å². The standard InChI is InChI=1S/C27H17F2NO5/c28-21-11-8-18(9-12-21)19-10-13-22(27(31)32)20(16-19)7-5-17-6-14-26(24(15-17)30(33)34)35-25-4-2-1-3-23(25)29/h1-16H,(H,31,32).